The molecule has 1 aromatic rings. The van der Waals surface area contributed by atoms with E-state index in [1.54, 1.807) is 0 Å². The lowest BCUT2D eigenvalue weighted by Gasteiger charge is -2.12. The number of esters is 1. The van der Waals surface area contributed by atoms with E-state index >= 15 is 0 Å². The van der Waals surface area contributed by atoms with Gasteiger partial charge in [-0.2, -0.15) is 0 Å². The fraction of sp³-hybridized carbons (Fsp3) is 0.417. The SMILES string of the molecule is COC(=O)C(C)CNc1ccc(C)c(Br)c1. The molecule has 4 heteroatoms. The molecule has 1 aromatic carbocycles. The standard InChI is InChI=1S/C12H16BrNO2/c1-8-4-5-10(6-11(8)13)14-7-9(2)12(15)16-3/h4-6,9,14H,7H2,1-3H3. The lowest BCUT2D eigenvalue weighted by atomic mass is 10.1. The van der Waals surface area contributed by atoms with Gasteiger partial charge < -0.3 is 10.1 Å². The molecule has 0 aromatic heterocycles. The van der Waals surface area contributed by atoms with Gasteiger partial charge in [-0.1, -0.05) is 28.9 Å². The summed E-state index contributed by atoms with van der Waals surface area (Å²) in [6, 6.07) is 6.01. The molecular formula is C12H16BrNO2. The second-order valence-electron chi connectivity index (χ2n) is 3.77. The number of methoxy groups -OCH3 is 1. The van der Waals surface area contributed by atoms with Gasteiger partial charge in [0, 0.05) is 16.7 Å². The maximum absolute atomic E-state index is 11.2. The minimum Gasteiger partial charge on any atom is -0.469 e. The molecule has 1 unspecified atom stereocenters. The summed E-state index contributed by atoms with van der Waals surface area (Å²) in [7, 11) is 1.40. The highest BCUT2D eigenvalue weighted by molar-refractivity contribution is 9.10. The van der Waals surface area contributed by atoms with Crippen LogP contribution in [0.25, 0.3) is 0 Å². The van der Waals surface area contributed by atoms with E-state index in [1.807, 2.05) is 32.0 Å². The first kappa shape index (κ1) is 13.0. The number of ether oxygens (including phenoxy) is 1. The molecule has 1 rings (SSSR count). The number of halogens is 1. The Labute approximate surface area is 104 Å². The van der Waals surface area contributed by atoms with E-state index in [0.717, 1.165) is 10.2 Å². The van der Waals surface area contributed by atoms with E-state index in [0.29, 0.717) is 6.54 Å². The molecule has 0 aliphatic carbocycles. The number of hydrogen-bond donors (Lipinski definition) is 1. The molecule has 0 spiro atoms. The van der Waals surface area contributed by atoms with E-state index in [-0.39, 0.29) is 11.9 Å². The summed E-state index contributed by atoms with van der Waals surface area (Å²) in [6.07, 6.45) is 0. The lowest BCUT2D eigenvalue weighted by Crippen LogP contribution is -2.21. The van der Waals surface area contributed by atoms with E-state index in [9.17, 15) is 4.79 Å². The topological polar surface area (TPSA) is 38.3 Å². The van der Waals surface area contributed by atoms with E-state index in [1.165, 1.54) is 12.7 Å². The van der Waals surface area contributed by atoms with Crippen LogP contribution in [0.4, 0.5) is 5.69 Å². The Morgan fingerprint density at radius 3 is 2.81 bits per heavy atom. The van der Waals surface area contributed by atoms with Crippen molar-refractivity contribution in [1.29, 1.82) is 0 Å². The molecule has 0 bridgehead atoms. The number of carbonyl (C=O) groups excluding carboxylic acids is 1. The molecule has 0 fully saturated rings. The summed E-state index contributed by atoms with van der Waals surface area (Å²) in [4.78, 5) is 11.2. The van der Waals surface area contributed by atoms with Gasteiger partial charge >= 0.3 is 5.97 Å². The number of benzene rings is 1. The van der Waals surface area contributed by atoms with Crippen LogP contribution in [-0.4, -0.2) is 19.6 Å². The molecule has 0 aliphatic heterocycles. The van der Waals surface area contributed by atoms with Crippen LogP contribution in [0, 0.1) is 12.8 Å². The van der Waals surface area contributed by atoms with Crippen molar-refractivity contribution in [2.24, 2.45) is 5.92 Å². The van der Waals surface area contributed by atoms with Crippen LogP contribution < -0.4 is 5.32 Å². The summed E-state index contributed by atoms with van der Waals surface area (Å²) in [5, 5.41) is 3.20. The van der Waals surface area contributed by atoms with E-state index in [2.05, 4.69) is 26.0 Å². The van der Waals surface area contributed by atoms with E-state index in [4.69, 9.17) is 0 Å². The smallest absolute Gasteiger partial charge is 0.310 e. The van der Waals surface area contributed by atoms with Gasteiger partial charge in [0.05, 0.1) is 13.0 Å². The van der Waals surface area contributed by atoms with Crippen LogP contribution in [-0.2, 0) is 9.53 Å². The van der Waals surface area contributed by atoms with Crippen LogP contribution in [0.15, 0.2) is 22.7 Å². The Hall–Kier alpha value is -1.03. The van der Waals surface area contributed by atoms with Crippen molar-refractivity contribution in [3.63, 3.8) is 0 Å². The molecule has 0 radical (unpaired) electrons. The minimum atomic E-state index is -0.196. The summed E-state index contributed by atoms with van der Waals surface area (Å²) in [6.45, 7) is 4.44. The fourth-order valence-corrected chi connectivity index (χ4v) is 1.64. The third kappa shape index (κ3) is 3.52. The van der Waals surface area contributed by atoms with Gasteiger partial charge in [-0.05, 0) is 24.6 Å². The van der Waals surface area contributed by atoms with Crippen molar-refractivity contribution >= 4 is 27.6 Å². The molecule has 1 atom stereocenters. The lowest BCUT2D eigenvalue weighted by molar-refractivity contribution is -0.144. The Bertz CT molecular complexity index is 379. The molecule has 0 aliphatic rings. The predicted molar refractivity (Wildman–Crippen MR) is 68.5 cm³/mol. The zero-order valence-corrected chi connectivity index (χ0v) is 11.3. The normalized spacial score (nSPS) is 12.0. The molecule has 3 nitrogen and oxygen atoms in total. The monoisotopic (exact) mass is 285 g/mol. The predicted octanol–water partition coefficient (Wildman–Crippen LogP) is 2.98. The van der Waals surface area contributed by atoms with E-state index < -0.39 is 0 Å². The Balaban J connectivity index is 2.55. The van der Waals surface area contributed by atoms with Crippen molar-refractivity contribution in [2.45, 2.75) is 13.8 Å². The third-order valence-corrected chi connectivity index (χ3v) is 3.24. The minimum absolute atomic E-state index is 0.148. The van der Waals surface area contributed by atoms with Crippen molar-refractivity contribution in [1.82, 2.24) is 0 Å². The van der Waals surface area contributed by atoms with Gasteiger partial charge in [0.15, 0.2) is 0 Å². The number of hydrogen-bond acceptors (Lipinski definition) is 3. The average molecular weight is 286 g/mol. The molecule has 16 heavy (non-hydrogen) atoms. The van der Waals surface area contributed by atoms with Gasteiger partial charge in [0.2, 0.25) is 0 Å². The number of anilines is 1. The van der Waals surface area contributed by atoms with Crippen LogP contribution in [0.2, 0.25) is 0 Å². The molecule has 1 N–H and O–H groups in total. The summed E-state index contributed by atoms with van der Waals surface area (Å²) in [5.41, 5.74) is 2.18. The summed E-state index contributed by atoms with van der Waals surface area (Å²) in [5.74, 6) is -0.344. The second kappa shape index (κ2) is 5.89. The maximum Gasteiger partial charge on any atom is 0.310 e. The van der Waals surface area contributed by atoms with Gasteiger partial charge in [0.25, 0.3) is 0 Å². The van der Waals surface area contributed by atoms with Gasteiger partial charge in [-0.3, -0.25) is 4.79 Å². The first-order valence-corrected chi connectivity index (χ1v) is 5.91. The quantitative estimate of drug-likeness (QED) is 0.865. The highest BCUT2D eigenvalue weighted by Gasteiger charge is 2.12. The Kier molecular flexibility index (Phi) is 4.80. The van der Waals surface area contributed by atoms with Crippen LogP contribution in [0.3, 0.4) is 0 Å². The molecule has 0 amide bonds. The number of aryl methyl sites for hydroxylation is 1. The second-order valence-corrected chi connectivity index (χ2v) is 4.62. The van der Waals surface area contributed by atoms with Crippen LogP contribution >= 0.6 is 15.9 Å². The molecular weight excluding hydrogens is 270 g/mol. The average Bonchev–Trinajstić information content (AvgIpc) is 2.29. The van der Waals surface area contributed by atoms with Gasteiger partial charge in [-0.15, -0.1) is 0 Å². The number of rotatable bonds is 4. The summed E-state index contributed by atoms with van der Waals surface area (Å²) < 4.78 is 5.71. The molecule has 0 heterocycles. The zero-order valence-electron chi connectivity index (χ0n) is 9.71. The van der Waals surface area contributed by atoms with Crippen LogP contribution in [0.5, 0.6) is 0 Å². The third-order valence-electron chi connectivity index (χ3n) is 2.39. The molecule has 0 saturated carbocycles. The first-order valence-electron chi connectivity index (χ1n) is 5.12. The zero-order chi connectivity index (χ0) is 12.1. The molecule has 88 valence electrons. The highest BCUT2D eigenvalue weighted by atomic mass is 79.9. The van der Waals surface area contributed by atoms with Crippen molar-refractivity contribution in [2.75, 3.05) is 19.0 Å². The van der Waals surface area contributed by atoms with Gasteiger partial charge in [0.1, 0.15) is 0 Å². The van der Waals surface area contributed by atoms with Gasteiger partial charge in [-0.25, -0.2) is 0 Å². The molecule has 0 saturated heterocycles. The van der Waals surface area contributed by atoms with Crippen molar-refractivity contribution < 1.29 is 9.53 Å². The Morgan fingerprint density at radius 1 is 1.56 bits per heavy atom. The van der Waals surface area contributed by atoms with Crippen molar-refractivity contribution in [3.8, 4) is 0 Å². The van der Waals surface area contributed by atoms with Crippen molar-refractivity contribution in [3.05, 3.63) is 28.2 Å². The van der Waals surface area contributed by atoms with Crippen LogP contribution in [0.1, 0.15) is 12.5 Å². The summed E-state index contributed by atoms with van der Waals surface area (Å²) >= 11 is 3.46. The first-order chi connectivity index (χ1) is 7.54. The largest absolute Gasteiger partial charge is 0.469 e. The number of carbonyl (C=O) groups is 1. The Morgan fingerprint density at radius 2 is 2.25 bits per heavy atom. The number of nitrogens with one attached hydrogen (secondary N) is 1. The maximum atomic E-state index is 11.2. The highest BCUT2D eigenvalue weighted by Crippen LogP contribution is 2.20. The fourth-order valence-electron chi connectivity index (χ4n) is 1.26.